The lowest BCUT2D eigenvalue weighted by molar-refractivity contribution is -0.121. The second-order valence-electron chi connectivity index (χ2n) is 7.12. The van der Waals surface area contributed by atoms with Crippen molar-refractivity contribution >= 4 is 46.0 Å². The first-order valence-corrected chi connectivity index (χ1v) is 11.2. The average Bonchev–Trinajstić information content (AvgIpc) is 3.21. The lowest BCUT2D eigenvalue weighted by Gasteiger charge is -2.16. The minimum Gasteiger partial charge on any atom is -0.497 e. The first-order valence-electron chi connectivity index (χ1n) is 9.53. The highest BCUT2D eigenvalue weighted by Crippen LogP contribution is 2.51. The number of amides is 1. The molecular weight excluding hydrogens is 414 g/mol. The fraction of sp³-hybridized carbons (Fsp3) is 0.217. The van der Waals surface area contributed by atoms with Gasteiger partial charge in [0.1, 0.15) is 10.7 Å². The number of fused-ring (bicyclic) bond motifs is 1. The van der Waals surface area contributed by atoms with Gasteiger partial charge in [-0.05, 0) is 49.4 Å². The van der Waals surface area contributed by atoms with Gasteiger partial charge in [-0.15, -0.1) is 6.58 Å². The number of ether oxygens (including phenoxy) is 1. The van der Waals surface area contributed by atoms with E-state index in [1.54, 1.807) is 29.8 Å². The number of anilines is 1. The number of benzene rings is 2. The maximum absolute atomic E-state index is 13.3. The molecule has 0 radical (unpaired) electrons. The van der Waals surface area contributed by atoms with Crippen LogP contribution in [0.2, 0.25) is 0 Å². The summed E-state index contributed by atoms with van der Waals surface area (Å²) in [5.74, 6) is 0.751. The van der Waals surface area contributed by atoms with Gasteiger partial charge in [0.15, 0.2) is 5.17 Å². The number of aliphatic imine (C=N–C) groups is 1. The Bertz CT molecular complexity index is 1110. The molecule has 154 valence electrons. The summed E-state index contributed by atoms with van der Waals surface area (Å²) in [6, 6.07) is 12.1. The Balaban J connectivity index is 1.74. The van der Waals surface area contributed by atoms with E-state index < -0.39 is 0 Å². The molecule has 7 heteroatoms. The average molecular weight is 438 g/mol. The number of rotatable bonds is 4. The van der Waals surface area contributed by atoms with Crippen molar-refractivity contribution in [2.24, 2.45) is 4.99 Å². The Hall–Kier alpha value is -2.64. The molecule has 0 bridgehead atoms. The molecule has 2 heterocycles. The highest BCUT2D eigenvalue weighted by atomic mass is 32.2. The Labute approximate surface area is 185 Å². The van der Waals surface area contributed by atoms with Crippen LogP contribution in [-0.4, -0.2) is 36.7 Å². The first kappa shape index (κ1) is 20.6. The van der Waals surface area contributed by atoms with Crippen LogP contribution in [0, 0.1) is 13.8 Å². The summed E-state index contributed by atoms with van der Waals surface area (Å²) in [7, 11) is 3.63. The third kappa shape index (κ3) is 3.63. The van der Waals surface area contributed by atoms with Crippen molar-refractivity contribution in [2.75, 3.05) is 25.6 Å². The van der Waals surface area contributed by atoms with E-state index in [0.29, 0.717) is 16.6 Å². The molecule has 0 spiro atoms. The van der Waals surface area contributed by atoms with Gasteiger partial charge in [0, 0.05) is 24.6 Å². The van der Waals surface area contributed by atoms with Gasteiger partial charge in [-0.25, -0.2) is 4.99 Å². The van der Waals surface area contributed by atoms with Gasteiger partial charge >= 0.3 is 0 Å². The van der Waals surface area contributed by atoms with Gasteiger partial charge in [-0.3, -0.25) is 9.69 Å². The molecule has 0 saturated carbocycles. The van der Waals surface area contributed by atoms with E-state index in [1.807, 2.05) is 44.3 Å². The van der Waals surface area contributed by atoms with Crippen LogP contribution < -0.4 is 9.64 Å². The van der Waals surface area contributed by atoms with Crippen LogP contribution in [0.5, 0.6) is 5.75 Å². The summed E-state index contributed by atoms with van der Waals surface area (Å²) in [4.78, 5) is 23.6. The van der Waals surface area contributed by atoms with Gasteiger partial charge in [0.05, 0.1) is 23.5 Å². The first-order chi connectivity index (χ1) is 14.4. The van der Waals surface area contributed by atoms with Crippen LogP contribution >= 0.6 is 23.5 Å². The minimum absolute atomic E-state index is 0.0439. The SMILES string of the molecule is C=CCN1C(=O)C(=C2Sc3ccc(OC)cc3N2C)SC1=Nc1ccc(C)cc1C. The number of aryl methyl sites for hydroxylation is 2. The molecule has 0 N–H and O–H groups in total. The number of amidine groups is 1. The normalized spacial score (nSPS) is 19.6. The minimum atomic E-state index is -0.0439. The molecule has 2 aromatic carbocycles. The summed E-state index contributed by atoms with van der Waals surface area (Å²) in [6.07, 6.45) is 1.73. The Kier molecular flexibility index (Phi) is 5.66. The van der Waals surface area contributed by atoms with Crippen molar-refractivity contribution in [3.8, 4) is 5.75 Å². The third-order valence-electron chi connectivity index (χ3n) is 4.98. The molecule has 2 aliphatic rings. The topological polar surface area (TPSA) is 45.1 Å². The predicted octanol–water partition coefficient (Wildman–Crippen LogP) is 5.47. The molecule has 1 fully saturated rings. The number of carbonyl (C=O) groups excluding carboxylic acids is 1. The van der Waals surface area contributed by atoms with Crippen LogP contribution in [0.1, 0.15) is 11.1 Å². The van der Waals surface area contributed by atoms with Crippen LogP contribution in [0.3, 0.4) is 0 Å². The van der Waals surface area contributed by atoms with E-state index in [4.69, 9.17) is 9.73 Å². The van der Waals surface area contributed by atoms with Crippen molar-refractivity contribution in [3.63, 3.8) is 0 Å². The van der Waals surface area contributed by atoms with Gasteiger partial charge < -0.3 is 9.64 Å². The number of methoxy groups -OCH3 is 1. The van der Waals surface area contributed by atoms with Crippen molar-refractivity contribution in [2.45, 2.75) is 18.7 Å². The van der Waals surface area contributed by atoms with Gasteiger partial charge in [0.25, 0.3) is 5.91 Å². The van der Waals surface area contributed by atoms with Crippen molar-refractivity contribution in [3.05, 3.63) is 70.1 Å². The number of carbonyl (C=O) groups is 1. The number of nitrogens with zero attached hydrogens (tertiary/aromatic N) is 3. The predicted molar refractivity (Wildman–Crippen MR) is 127 cm³/mol. The van der Waals surface area contributed by atoms with Crippen molar-refractivity contribution in [1.82, 2.24) is 4.90 Å². The fourth-order valence-corrected chi connectivity index (χ4v) is 5.72. The van der Waals surface area contributed by atoms with Crippen LogP contribution in [0.4, 0.5) is 11.4 Å². The summed E-state index contributed by atoms with van der Waals surface area (Å²) >= 11 is 3.02. The third-order valence-corrected chi connectivity index (χ3v) is 7.41. The summed E-state index contributed by atoms with van der Waals surface area (Å²) in [6.45, 7) is 8.33. The van der Waals surface area contributed by atoms with E-state index in [2.05, 4.69) is 24.5 Å². The van der Waals surface area contributed by atoms with E-state index >= 15 is 0 Å². The second kappa shape index (κ2) is 8.24. The molecular formula is C23H23N3O2S2. The molecule has 4 rings (SSSR count). The zero-order valence-electron chi connectivity index (χ0n) is 17.4. The maximum Gasteiger partial charge on any atom is 0.269 e. The molecule has 1 amide bonds. The van der Waals surface area contributed by atoms with Crippen molar-refractivity contribution < 1.29 is 9.53 Å². The van der Waals surface area contributed by atoms with Crippen LogP contribution in [0.15, 0.2) is 68.9 Å². The molecule has 2 aromatic rings. The molecule has 0 aromatic heterocycles. The number of hydrogen-bond acceptors (Lipinski definition) is 6. The van der Waals surface area contributed by atoms with Crippen LogP contribution in [0.25, 0.3) is 0 Å². The summed E-state index contributed by atoms with van der Waals surface area (Å²) < 4.78 is 5.36. The maximum atomic E-state index is 13.3. The highest BCUT2D eigenvalue weighted by molar-refractivity contribution is 8.19. The zero-order chi connectivity index (χ0) is 21.4. The molecule has 30 heavy (non-hydrogen) atoms. The molecule has 0 unspecified atom stereocenters. The number of hydrogen-bond donors (Lipinski definition) is 0. The zero-order valence-corrected chi connectivity index (χ0v) is 19.1. The van der Waals surface area contributed by atoms with E-state index in [-0.39, 0.29) is 5.91 Å². The lowest BCUT2D eigenvalue weighted by atomic mass is 10.1. The van der Waals surface area contributed by atoms with E-state index in [1.165, 1.54) is 17.3 Å². The van der Waals surface area contributed by atoms with Gasteiger partial charge in [-0.2, -0.15) is 0 Å². The highest BCUT2D eigenvalue weighted by Gasteiger charge is 2.38. The Morgan fingerprint density at radius 1 is 1.17 bits per heavy atom. The summed E-state index contributed by atoms with van der Waals surface area (Å²) in [5, 5.41) is 1.59. The van der Waals surface area contributed by atoms with E-state index in [9.17, 15) is 4.79 Å². The molecule has 2 aliphatic heterocycles. The second-order valence-corrected chi connectivity index (χ2v) is 9.13. The van der Waals surface area contributed by atoms with Crippen molar-refractivity contribution in [1.29, 1.82) is 0 Å². The van der Waals surface area contributed by atoms with E-state index in [0.717, 1.165) is 32.6 Å². The fourth-order valence-electron chi connectivity index (χ4n) is 3.40. The lowest BCUT2D eigenvalue weighted by Crippen LogP contribution is -2.29. The molecule has 0 aliphatic carbocycles. The summed E-state index contributed by atoms with van der Waals surface area (Å²) in [5.41, 5.74) is 4.18. The molecule has 0 atom stereocenters. The molecule has 5 nitrogen and oxygen atoms in total. The monoisotopic (exact) mass is 437 g/mol. The quantitative estimate of drug-likeness (QED) is 0.469. The van der Waals surface area contributed by atoms with Gasteiger partial charge in [0.2, 0.25) is 0 Å². The van der Waals surface area contributed by atoms with Crippen LogP contribution in [-0.2, 0) is 4.79 Å². The Morgan fingerprint density at radius 2 is 1.97 bits per heavy atom. The van der Waals surface area contributed by atoms with Gasteiger partial charge in [-0.1, -0.05) is 35.5 Å². The standard InChI is InChI=1S/C23H23N3O2S2/c1-6-11-26-21(27)20(30-23(26)24-17-9-7-14(2)12-15(17)3)22-25(4)18-13-16(28-5)8-10-19(18)29-22/h6-10,12-13H,1,11H2,2-5H3. The smallest absolute Gasteiger partial charge is 0.269 e. The largest absolute Gasteiger partial charge is 0.497 e. The molecule has 1 saturated heterocycles. The Morgan fingerprint density at radius 3 is 2.67 bits per heavy atom. The number of thioether (sulfide) groups is 2.